The minimum atomic E-state index is -0.870. The number of nitrogens with zero attached hydrogens (tertiary/aromatic N) is 3. The molecule has 6 N–H and O–H groups in total. The van der Waals surface area contributed by atoms with Gasteiger partial charge in [-0.15, -0.1) is 0 Å². The number of hydrogen-bond donors (Lipinski definition) is 3. The number of esters is 1. The van der Waals surface area contributed by atoms with Crippen molar-refractivity contribution in [1.82, 2.24) is 15.1 Å². The van der Waals surface area contributed by atoms with Gasteiger partial charge in [0.2, 0.25) is 5.91 Å². The molecular formula is C47H85N6O5+. The lowest BCUT2D eigenvalue weighted by molar-refractivity contribution is -0.368. The van der Waals surface area contributed by atoms with E-state index >= 15 is 0 Å². The summed E-state index contributed by atoms with van der Waals surface area (Å²) in [5, 5.41) is 3.80. The molecule has 11 nitrogen and oxygen atoms in total. The zero-order valence-corrected chi connectivity index (χ0v) is 37.0. The fourth-order valence-corrected chi connectivity index (χ4v) is 10.6. The number of guanidine groups is 1. The van der Waals surface area contributed by atoms with Crippen LogP contribution < -0.4 is 16.8 Å². The largest absolute Gasteiger partial charge is 0.465 e. The van der Waals surface area contributed by atoms with Crippen molar-refractivity contribution >= 4 is 17.8 Å². The first-order valence-electron chi connectivity index (χ1n) is 24.5. The van der Waals surface area contributed by atoms with Crippen LogP contribution in [-0.4, -0.2) is 96.2 Å². The molecule has 0 saturated carbocycles. The van der Waals surface area contributed by atoms with Crippen LogP contribution in [0.4, 0.5) is 0 Å². The number of ether oxygens (including phenoxy) is 3. The quantitative estimate of drug-likeness (QED) is 0.0411. The van der Waals surface area contributed by atoms with Crippen molar-refractivity contribution in [2.24, 2.45) is 16.6 Å². The second-order valence-electron chi connectivity index (χ2n) is 18.3. The highest BCUT2D eigenvalue weighted by Crippen LogP contribution is 2.51. The molecule has 0 bridgehead atoms. The minimum absolute atomic E-state index is 0.0459. The number of carbonyl (C=O) groups excluding carboxylic acids is 2. The van der Waals surface area contributed by atoms with Crippen LogP contribution in [0.3, 0.4) is 0 Å². The SMILES string of the molecule is CC/C=C/[C@@H]1CC[C@]2(C[C@H]3CC[C@H]4[C@@H](C(=O)OCCCCCCCCCCCCCCCC(=O)N(CCCN)CCCC[NH3+])[C@@]5(CCC[C@H](CCC)O5)N=C(N2)N34)O1. The molecule has 0 unspecified atom stereocenters. The van der Waals surface area contributed by atoms with Gasteiger partial charge in [-0.1, -0.05) is 103 Å². The van der Waals surface area contributed by atoms with Crippen molar-refractivity contribution in [1.29, 1.82) is 0 Å². The molecule has 0 aromatic heterocycles. The van der Waals surface area contributed by atoms with E-state index in [4.69, 9.17) is 24.9 Å². The van der Waals surface area contributed by atoms with Gasteiger partial charge in [-0.05, 0) is 96.4 Å². The maximum atomic E-state index is 14.2. The highest BCUT2D eigenvalue weighted by atomic mass is 16.6. The molecule has 11 heteroatoms. The number of nitrogens with one attached hydrogen (secondary N) is 1. The Balaban J connectivity index is 0.965. The summed E-state index contributed by atoms with van der Waals surface area (Å²) in [6, 6.07) is 0.363. The van der Waals surface area contributed by atoms with Crippen LogP contribution in [0.2, 0.25) is 0 Å². The number of nitrogens with two attached hydrogens (primary N) is 1. The molecule has 7 atom stereocenters. The molecule has 0 aliphatic carbocycles. The van der Waals surface area contributed by atoms with Crippen molar-refractivity contribution in [3.63, 3.8) is 0 Å². The Morgan fingerprint density at radius 1 is 0.897 bits per heavy atom. The van der Waals surface area contributed by atoms with Crippen LogP contribution in [0, 0.1) is 5.92 Å². The number of quaternary nitrogens is 1. The van der Waals surface area contributed by atoms with Crippen molar-refractivity contribution < 1.29 is 29.5 Å². The van der Waals surface area contributed by atoms with Crippen LogP contribution >= 0.6 is 0 Å². The second-order valence-corrected chi connectivity index (χ2v) is 18.3. The first-order valence-corrected chi connectivity index (χ1v) is 24.5. The lowest BCUT2D eigenvalue weighted by atomic mass is 9.80. The van der Waals surface area contributed by atoms with Gasteiger partial charge in [0.25, 0.3) is 0 Å². The summed E-state index contributed by atoms with van der Waals surface area (Å²) in [7, 11) is 0. The maximum Gasteiger partial charge on any atom is 0.316 e. The zero-order valence-electron chi connectivity index (χ0n) is 37.0. The van der Waals surface area contributed by atoms with E-state index in [2.05, 4.69) is 41.9 Å². The lowest BCUT2D eigenvalue weighted by Crippen LogP contribution is -2.70. The number of hydrogen-bond acceptors (Lipinski definition) is 9. The Bertz CT molecular complexity index is 1280. The Kier molecular flexibility index (Phi) is 20.1. The smallest absolute Gasteiger partial charge is 0.316 e. The highest BCUT2D eigenvalue weighted by Gasteiger charge is 2.62. The summed E-state index contributed by atoms with van der Waals surface area (Å²) >= 11 is 0. The van der Waals surface area contributed by atoms with E-state index in [0.29, 0.717) is 31.5 Å². The van der Waals surface area contributed by atoms with Crippen LogP contribution in [0.5, 0.6) is 0 Å². The van der Waals surface area contributed by atoms with Crippen molar-refractivity contribution in [3.05, 3.63) is 12.2 Å². The van der Waals surface area contributed by atoms with Crippen molar-refractivity contribution in [3.8, 4) is 0 Å². The van der Waals surface area contributed by atoms with Gasteiger partial charge >= 0.3 is 5.97 Å². The normalized spacial score (nSPS) is 28.9. The zero-order chi connectivity index (χ0) is 41.1. The third-order valence-corrected chi connectivity index (χ3v) is 13.6. The average Bonchev–Trinajstić information content (AvgIpc) is 3.81. The predicted molar refractivity (Wildman–Crippen MR) is 233 cm³/mol. The van der Waals surface area contributed by atoms with E-state index in [-0.39, 0.29) is 24.2 Å². The molecule has 332 valence electrons. The van der Waals surface area contributed by atoms with E-state index < -0.39 is 17.4 Å². The molecule has 5 aliphatic heterocycles. The molecule has 0 radical (unpaired) electrons. The fraction of sp³-hybridized carbons (Fsp3) is 0.894. The van der Waals surface area contributed by atoms with Gasteiger partial charge in [-0.25, -0.2) is 4.99 Å². The van der Waals surface area contributed by atoms with Gasteiger partial charge in [-0.3, -0.25) is 9.59 Å². The fourth-order valence-electron chi connectivity index (χ4n) is 10.6. The molecule has 5 aliphatic rings. The van der Waals surface area contributed by atoms with E-state index in [1.54, 1.807) is 0 Å². The Hall–Kier alpha value is -2.21. The third kappa shape index (κ3) is 13.4. The first kappa shape index (κ1) is 46.8. The summed E-state index contributed by atoms with van der Waals surface area (Å²) in [6.07, 6.45) is 34.8. The Labute approximate surface area is 352 Å². The van der Waals surface area contributed by atoms with E-state index in [0.717, 1.165) is 141 Å². The van der Waals surface area contributed by atoms with Gasteiger partial charge in [-0.2, -0.15) is 0 Å². The van der Waals surface area contributed by atoms with E-state index in [9.17, 15) is 9.59 Å². The second kappa shape index (κ2) is 24.9. The minimum Gasteiger partial charge on any atom is -0.465 e. The molecule has 5 rings (SSSR count). The number of carbonyl (C=O) groups is 2. The number of unbranched alkanes of at least 4 members (excludes halogenated alkanes) is 13. The number of rotatable bonds is 28. The van der Waals surface area contributed by atoms with Crippen LogP contribution in [0.25, 0.3) is 0 Å². The summed E-state index contributed by atoms with van der Waals surface area (Å²) in [5.41, 5.74) is 8.35. The molecular weight excluding hydrogens is 729 g/mol. The maximum absolute atomic E-state index is 14.2. The standard InChI is InChI=1S/C47H84N6O5/c1-3-5-24-40-29-31-46(57-40)37-38-27-28-41-43(47(51-45(50-46)53(38)41)30-21-25-39(58-47)23-4-2)44(55)56-36-20-16-14-12-10-8-6-7-9-11-13-15-17-26-42(54)52(35-22-33-49)34-19-18-32-48/h5,24,38-41,43H,3-4,6-23,25-37,48-49H2,1-2H3,(H,50,51)/p+1/b24-5+/t38-,39+,40-,41+,43+,46-,47+/m1/s1. The molecule has 2 spiro atoms. The summed E-state index contributed by atoms with van der Waals surface area (Å²) in [5.74, 6) is 0.686. The van der Waals surface area contributed by atoms with Crippen molar-refractivity contribution in [2.45, 2.75) is 229 Å². The van der Waals surface area contributed by atoms with Crippen LogP contribution in [-0.2, 0) is 23.8 Å². The third-order valence-electron chi connectivity index (χ3n) is 13.6. The molecule has 0 aromatic carbocycles. The number of allylic oxidation sites excluding steroid dienone is 1. The van der Waals surface area contributed by atoms with Gasteiger partial charge < -0.3 is 40.8 Å². The topological polar surface area (TPSA) is 146 Å². The van der Waals surface area contributed by atoms with E-state index in [1.807, 2.05) is 4.90 Å². The van der Waals surface area contributed by atoms with Gasteiger partial charge in [0.15, 0.2) is 11.7 Å². The first-order chi connectivity index (χ1) is 28.4. The summed E-state index contributed by atoms with van der Waals surface area (Å²) in [6.45, 7) is 8.08. The predicted octanol–water partition coefficient (Wildman–Crippen LogP) is 7.91. The Morgan fingerprint density at radius 3 is 2.29 bits per heavy atom. The molecule has 5 heterocycles. The highest BCUT2D eigenvalue weighted by molar-refractivity contribution is 5.87. The molecule has 58 heavy (non-hydrogen) atoms. The molecule has 1 amide bonds. The summed E-state index contributed by atoms with van der Waals surface area (Å²) < 4.78 is 19.8. The van der Waals surface area contributed by atoms with Gasteiger partial charge in [0, 0.05) is 32.0 Å². The van der Waals surface area contributed by atoms with Crippen molar-refractivity contribution in [2.75, 3.05) is 32.8 Å². The van der Waals surface area contributed by atoms with Crippen LogP contribution in [0.1, 0.15) is 194 Å². The monoisotopic (exact) mass is 814 g/mol. The van der Waals surface area contributed by atoms with Gasteiger partial charge in [0.05, 0.1) is 31.4 Å². The average molecular weight is 814 g/mol. The lowest BCUT2D eigenvalue weighted by Gasteiger charge is -2.54. The van der Waals surface area contributed by atoms with Gasteiger partial charge in [0.1, 0.15) is 11.6 Å². The Morgan fingerprint density at radius 2 is 1.60 bits per heavy atom. The van der Waals surface area contributed by atoms with Crippen LogP contribution in [0.15, 0.2) is 17.1 Å². The van der Waals surface area contributed by atoms with E-state index in [1.165, 1.54) is 57.8 Å². The molecule has 4 saturated heterocycles. The number of aliphatic imine (C=N–C) groups is 1. The molecule has 0 aromatic rings. The molecule has 4 fully saturated rings. The summed E-state index contributed by atoms with van der Waals surface area (Å²) in [4.78, 5) is 36.7. The number of amides is 1.